The third-order valence-corrected chi connectivity index (χ3v) is 5.35. The van der Waals surface area contributed by atoms with Crippen molar-refractivity contribution >= 4 is 33.2 Å². The highest BCUT2D eigenvalue weighted by molar-refractivity contribution is 7.89. The van der Waals surface area contributed by atoms with Gasteiger partial charge in [0.05, 0.1) is 17.2 Å². The van der Waals surface area contributed by atoms with Gasteiger partial charge in [-0.05, 0) is 33.0 Å². The van der Waals surface area contributed by atoms with Gasteiger partial charge in [-0.15, -0.1) is 0 Å². The molecule has 2 N–H and O–H groups in total. The number of halogens is 2. The first kappa shape index (κ1) is 18.7. The fraction of sp³-hybridized carbons (Fsp3) is 0.538. The van der Waals surface area contributed by atoms with Gasteiger partial charge in [-0.2, -0.15) is 0 Å². The molecular formula is C13H20Cl2N2O3S. The standard InChI is InChI=1S/C13H20Cl2N2O3S/c1-13(2,8-20-4)17-21(18,19)11-6-5-10(14)9(7-16-3)12(11)15/h5-6,16-17H,7-8H2,1-4H3. The largest absolute Gasteiger partial charge is 0.383 e. The lowest BCUT2D eigenvalue weighted by Crippen LogP contribution is -2.46. The Morgan fingerprint density at radius 3 is 2.43 bits per heavy atom. The highest BCUT2D eigenvalue weighted by atomic mass is 35.5. The van der Waals surface area contributed by atoms with E-state index in [1.54, 1.807) is 20.9 Å². The minimum Gasteiger partial charge on any atom is -0.383 e. The van der Waals surface area contributed by atoms with Crippen LogP contribution in [0.15, 0.2) is 17.0 Å². The molecule has 0 fully saturated rings. The smallest absolute Gasteiger partial charge is 0.242 e. The van der Waals surface area contributed by atoms with Gasteiger partial charge in [0.2, 0.25) is 10.0 Å². The summed E-state index contributed by atoms with van der Waals surface area (Å²) in [5.74, 6) is 0. The maximum atomic E-state index is 12.5. The van der Waals surface area contributed by atoms with E-state index >= 15 is 0 Å². The van der Waals surface area contributed by atoms with E-state index in [0.29, 0.717) is 17.1 Å². The summed E-state index contributed by atoms with van der Waals surface area (Å²) in [5.41, 5.74) is -0.201. The van der Waals surface area contributed by atoms with Gasteiger partial charge >= 0.3 is 0 Å². The number of benzene rings is 1. The lowest BCUT2D eigenvalue weighted by Gasteiger charge is -2.25. The molecule has 0 amide bonds. The van der Waals surface area contributed by atoms with E-state index in [2.05, 4.69) is 10.0 Å². The van der Waals surface area contributed by atoms with Crippen LogP contribution in [0.1, 0.15) is 19.4 Å². The van der Waals surface area contributed by atoms with Crippen LogP contribution in [0.25, 0.3) is 0 Å². The van der Waals surface area contributed by atoms with E-state index in [4.69, 9.17) is 27.9 Å². The second-order valence-corrected chi connectivity index (χ2v) is 7.73. The molecule has 1 aromatic rings. The fourth-order valence-electron chi connectivity index (χ4n) is 1.93. The Morgan fingerprint density at radius 1 is 1.29 bits per heavy atom. The summed E-state index contributed by atoms with van der Waals surface area (Å²) in [6.07, 6.45) is 0. The Kier molecular flexibility index (Phi) is 6.46. The first-order valence-corrected chi connectivity index (χ1v) is 8.53. The third kappa shape index (κ3) is 4.81. The normalized spacial score (nSPS) is 12.7. The fourth-order valence-corrected chi connectivity index (χ4v) is 4.24. The van der Waals surface area contributed by atoms with Crippen LogP contribution in [0.5, 0.6) is 0 Å². The molecule has 0 bridgehead atoms. The Hall–Kier alpha value is -0.370. The number of hydrogen-bond acceptors (Lipinski definition) is 4. The van der Waals surface area contributed by atoms with Gasteiger partial charge < -0.3 is 10.1 Å². The van der Waals surface area contributed by atoms with Crippen molar-refractivity contribution in [3.05, 3.63) is 27.7 Å². The van der Waals surface area contributed by atoms with Crippen LogP contribution in [0, 0.1) is 0 Å². The number of sulfonamides is 1. The van der Waals surface area contributed by atoms with E-state index in [1.807, 2.05) is 0 Å². The average Bonchev–Trinajstić information content (AvgIpc) is 2.32. The molecule has 0 aliphatic rings. The Labute approximate surface area is 136 Å². The van der Waals surface area contributed by atoms with Crippen molar-refractivity contribution < 1.29 is 13.2 Å². The molecule has 5 nitrogen and oxygen atoms in total. The zero-order valence-corrected chi connectivity index (χ0v) is 14.8. The van der Waals surface area contributed by atoms with E-state index in [1.165, 1.54) is 19.2 Å². The second-order valence-electron chi connectivity index (χ2n) is 5.29. The molecule has 8 heteroatoms. The maximum Gasteiger partial charge on any atom is 0.242 e. The molecular weight excluding hydrogens is 335 g/mol. The molecule has 0 saturated carbocycles. The zero-order chi connectivity index (χ0) is 16.3. The minimum absolute atomic E-state index is 0.00277. The maximum absolute atomic E-state index is 12.5. The van der Waals surface area contributed by atoms with E-state index in [-0.39, 0.29) is 16.5 Å². The molecule has 0 aromatic heterocycles. The van der Waals surface area contributed by atoms with Crippen LogP contribution < -0.4 is 10.0 Å². The third-order valence-electron chi connectivity index (χ3n) is 2.71. The SMILES string of the molecule is CNCc1c(Cl)ccc(S(=O)(=O)NC(C)(C)COC)c1Cl. The number of nitrogens with one attached hydrogen (secondary N) is 2. The van der Waals surface area contributed by atoms with Gasteiger partial charge in [0, 0.05) is 24.2 Å². The minimum atomic E-state index is -3.78. The summed E-state index contributed by atoms with van der Waals surface area (Å²) in [6.45, 7) is 4.07. The molecule has 1 aromatic carbocycles. The quantitative estimate of drug-likeness (QED) is 0.788. The van der Waals surface area contributed by atoms with Gasteiger partial charge in [-0.1, -0.05) is 23.2 Å². The first-order valence-electron chi connectivity index (χ1n) is 6.29. The molecule has 0 aliphatic carbocycles. The molecule has 0 aliphatic heterocycles. The van der Waals surface area contributed by atoms with Crippen LogP contribution >= 0.6 is 23.2 Å². The predicted molar refractivity (Wildman–Crippen MR) is 85.5 cm³/mol. The molecule has 21 heavy (non-hydrogen) atoms. The number of rotatable bonds is 7. The van der Waals surface area contributed by atoms with Crippen molar-refractivity contribution in [1.82, 2.24) is 10.0 Å². The predicted octanol–water partition coefficient (Wildman–Crippen LogP) is 2.42. The highest BCUT2D eigenvalue weighted by Crippen LogP contribution is 2.31. The van der Waals surface area contributed by atoms with Gasteiger partial charge in [0.15, 0.2) is 0 Å². The monoisotopic (exact) mass is 354 g/mol. The topological polar surface area (TPSA) is 67.4 Å². The van der Waals surface area contributed by atoms with Gasteiger partial charge in [0.1, 0.15) is 4.90 Å². The molecule has 0 radical (unpaired) electrons. The van der Waals surface area contributed by atoms with Crippen LogP contribution in [0.4, 0.5) is 0 Å². The highest BCUT2D eigenvalue weighted by Gasteiger charge is 2.28. The van der Waals surface area contributed by atoms with E-state index in [9.17, 15) is 8.42 Å². The van der Waals surface area contributed by atoms with Crippen molar-refractivity contribution in [2.75, 3.05) is 20.8 Å². The molecule has 0 unspecified atom stereocenters. The second kappa shape index (κ2) is 7.26. The molecule has 120 valence electrons. The molecule has 0 atom stereocenters. The number of hydrogen-bond donors (Lipinski definition) is 2. The number of methoxy groups -OCH3 is 1. The van der Waals surface area contributed by atoms with Crippen LogP contribution in [0.2, 0.25) is 10.0 Å². The van der Waals surface area contributed by atoms with E-state index < -0.39 is 15.6 Å². The van der Waals surface area contributed by atoms with Crippen molar-refractivity contribution in [2.45, 2.75) is 30.8 Å². The lowest BCUT2D eigenvalue weighted by atomic mass is 10.1. The van der Waals surface area contributed by atoms with Crippen molar-refractivity contribution in [3.8, 4) is 0 Å². The van der Waals surface area contributed by atoms with Crippen molar-refractivity contribution in [2.24, 2.45) is 0 Å². The summed E-state index contributed by atoms with van der Waals surface area (Å²) in [7, 11) is -0.537. The summed E-state index contributed by atoms with van der Waals surface area (Å²) in [4.78, 5) is 0.00277. The van der Waals surface area contributed by atoms with Crippen LogP contribution in [0.3, 0.4) is 0 Å². The Bertz CT molecular complexity index is 604. The zero-order valence-electron chi connectivity index (χ0n) is 12.5. The molecule has 0 spiro atoms. The summed E-state index contributed by atoms with van der Waals surface area (Å²) in [6, 6.07) is 2.92. The van der Waals surface area contributed by atoms with Gasteiger partial charge in [-0.3, -0.25) is 0 Å². The summed E-state index contributed by atoms with van der Waals surface area (Å²) in [5, 5.41) is 3.45. The summed E-state index contributed by atoms with van der Waals surface area (Å²) >= 11 is 12.3. The molecule has 0 heterocycles. The molecule has 0 saturated heterocycles. The first-order chi connectivity index (χ1) is 9.64. The lowest BCUT2D eigenvalue weighted by molar-refractivity contribution is 0.141. The summed E-state index contributed by atoms with van der Waals surface area (Å²) < 4.78 is 32.6. The van der Waals surface area contributed by atoms with Crippen molar-refractivity contribution in [1.29, 1.82) is 0 Å². The Morgan fingerprint density at radius 2 is 1.90 bits per heavy atom. The average molecular weight is 355 g/mol. The van der Waals surface area contributed by atoms with E-state index in [0.717, 1.165) is 0 Å². The van der Waals surface area contributed by atoms with Gasteiger partial charge in [0.25, 0.3) is 0 Å². The number of ether oxygens (including phenoxy) is 1. The van der Waals surface area contributed by atoms with Crippen LogP contribution in [-0.2, 0) is 21.3 Å². The molecule has 1 rings (SSSR count). The van der Waals surface area contributed by atoms with Crippen LogP contribution in [-0.4, -0.2) is 34.7 Å². The van der Waals surface area contributed by atoms with Crippen molar-refractivity contribution in [3.63, 3.8) is 0 Å². The Balaban J connectivity index is 3.24. The van der Waals surface area contributed by atoms with Gasteiger partial charge in [-0.25, -0.2) is 13.1 Å².